The fourth-order valence-corrected chi connectivity index (χ4v) is 3.48. The van der Waals surface area contributed by atoms with E-state index in [1.165, 1.54) is 26.2 Å². The first kappa shape index (κ1) is 23.0. The number of hydrogen-bond donors (Lipinski definition) is 3. The molecule has 7 heteroatoms. The summed E-state index contributed by atoms with van der Waals surface area (Å²) in [5, 5.41) is 10.2. The van der Waals surface area contributed by atoms with Crippen molar-refractivity contribution in [3.05, 3.63) is 47.5 Å². The van der Waals surface area contributed by atoms with Gasteiger partial charge in [0.2, 0.25) is 5.91 Å². The number of halogens is 1. The zero-order chi connectivity index (χ0) is 21.2. The lowest BCUT2D eigenvalue weighted by molar-refractivity contribution is -0.114. The van der Waals surface area contributed by atoms with Crippen molar-refractivity contribution in [2.75, 3.05) is 34.4 Å². The van der Waals surface area contributed by atoms with Crippen LogP contribution in [0.15, 0.2) is 42.5 Å². The number of thiocarbonyl (C=S) groups is 1. The minimum atomic E-state index is -0.102. The van der Waals surface area contributed by atoms with Gasteiger partial charge in [0.15, 0.2) is 5.11 Å². The van der Waals surface area contributed by atoms with Gasteiger partial charge in [-0.2, -0.15) is 0 Å². The highest BCUT2D eigenvalue weighted by atomic mass is 35.5. The van der Waals surface area contributed by atoms with Crippen LogP contribution in [0.3, 0.4) is 0 Å². The van der Waals surface area contributed by atoms with Gasteiger partial charge in [-0.1, -0.05) is 37.8 Å². The van der Waals surface area contributed by atoms with E-state index < -0.39 is 0 Å². The Bertz CT molecular complexity index is 826. The Balaban J connectivity index is 1.90. The van der Waals surface area contributed by atoms with Gasteiger partial charge in [-0.15, -0.1) is 0 Å². The molecule has 156 valence electrons. The summed E-state index contributed by atoms with van der Waals surface area (Å²) in [4.78, 5) is 13.3. The SMILES string of the molecule is CCCCCCN(C)c1ccc(NC(=S)Nc2ccc(NC(C)=O)cc2)cc1Cl. The summed E-state index contributed by atoms with van der Waals surface area (Å²) in [7, 11) is 2.07. The van der Waals surface area contributed by atoms with Crippen LogP contribution in [0.5, 0.6) is 0 Å². The summed E-state index contributed by atoms with van der Waals surface area (Å²) < 4.78 is 0. The Morgan fingerprint density at radius 1 is 0.966 bits per heavy atom. The normalized spacial score (nSPS) is 10.3. The summed E-state index contributed by atoms with van der Waals surface area (Å²) in [6, 6.07) is 13.2. The second-order valence-electron chi connectivity index (χ2n) is 6.99. The van der Waals surface area contributed by atoms with Gasteiger partial charge in [-0.05, 0) is 61.1 Å². The third kappa shape index (κ3) is 7.91. The van der Waals surface area contributed by atoms with Gasteiger partial charge in [0, 0.05) is 37.6 Å². The molecule has 0 aliphatic heterocycles. The van der Waals surface area contributed by atoms with E-state index in [0.717, 1.165) is 35.7 Å². The minimum absolute atomic E-state index is 0.102. The first-order valence-electron chi connectivity index (χ1n) is 9.85. The molecule has 0 saturated carbocycles. The number of rotatable bonds is 9. The fraction of sp³-hybridized carbons (Fsp3) is 0.364. The van der Waals surface area contributed by atoms with Crippen LogP contribution in [0.1, 0.15) is 39.5 Å². The van der Waals surface area contributed by atoms with Gasteiger partial charge in [0.05, 0.1) is 10.7 Å². The van der Waals surface area contributed by atoms with E-state index in [9.17, 15) is 4.79 Å². The topological polar surface area (TPSA) is 56.4 Å². The molecule has 0 unspecified atom stereocenters. The molecule has 0 aliphatic rings. The molecule has 1 amide bonds. The Hall–Kier alpha value is -2.31. The third-order valence-corrected chi connectivity index (χ3v) is 4.93. The number of unbranched alkanes of at least 4 members (excludes halogenated alkanes) is 3. The van der Waals surface area contributed by atoms with E-state index in [0.29, 0.717) is 10.1 Å². The maximum atomic E-state index is 11.1. The summed E-state index contributed by atoms with van der Waals surface area (Å²) in [5.74, 6) is -0.102. The minimum Gasteiger partial charge on any atom is -0.373 e. The molecular formula is C22H29ClN4OS. The molecule has 0 aliphatic carbocycles. The van der Waals surface area contributed by atoms with Crippen LogP contribution in [0, 0.1) is 0 Å². The second kappa shape index (κ2) is 11.6. The zero-order valence-corrected chi connectivity index (χ0v) is 18.8. The number of amides is 1. The van der Waals surface area contributed by atoms with E-state index in [1.807, 2.05) is 42.5 Å². The fourth-order valence-electron chi connectivity index (χ4n) is 2.92. The van der Waals surface area contributed by atoms with Gasteiger partial charge in [0.25, 0.3) is 0 Å². The van der Waals surface area contributed by atoms with Crippen molar-refractivity contribution < 1.29 is 4.79 Å². The van der Waals surface area contributed by atoms with E-state index in [1.54, 1.807) is 0 Å². The Kier molecular flexibility index (Phi) is 9.22. The first-order valence-corrected chi connectivity index (χ1v) is 10.6. The summed E-state index contributed by atoms with van der Waals surface area (Å²) in [5.41, 5.74) is 3.40. The van der Waals surface area contributed by atoms with Crippen molar-refractivity contribution in [1.29, 1.82) is 0 Å². The molecule has 2 rings (SSSR count). The van der Waals surface area contributed by atoms with Gasteiger partial charge < -0.3 is 20.9 Å². The van der Waals surface area contributed by atoms with Gasteiger partial charge >= 0.3 is 0 Å². The highest BCUT2D eigenvalue weighted by Gasteiger charge is 2.08. The van der Waals surface area contributed by atoms with E-state index in [4.69, 9.17) is 23.8 Å². The van der Waals surface area contributed by atoms with Crippen LogP contribution in [0.2, 0.25) is 5.02 Å². The lowest BCUT2D eigenvalue weighted by Crippen LogP contribution is -2.20. The van der Waals surface area contributed by atoms with E-state index in [-0.39, 0.29) is 5.91 Å². The standard InChI is InChI=1S/C22H29ClN4OS/c1-4-5-6-7-14-27(3)21-13-12-19(15-20(21)23)26-22(29)25-18-10-8-17(9-11-18)24-16(2)28/h8-13,15H,4-7,14H2,1-3H3,(H,24,28)(H2,25,26,29). The molecule has 0 spiro atoms. The summed E-state index contributed by atoms with van der Waals surface area (Å²) >= 11 is 11.9. The number of carbonyl (C=O) groups excluding carboxylic acids is 1. The average Bonchev–Trinajstić information content (AvgIpc) is 2.66. The molecule has 5 nitrogen and oxygen atoms in total. The molecule has 0 saturated heterocycles. The third-order valence-electron chi connectivity index (χ3n) is 4.43. The lowest BCUT2D eigenvalue weighted by atomic mass is 10.2. The van der Waals surface area contributed by atoms with E-state index in [2.05, 4.69) is 34.8 Å². The second-order valence-corrected chi connectivity index (χ2v) is 7.80. The van der Waals surface area contributed by atoms with Crippen LogP contribution in [0.4, 0.5) is 22.7 Å². The van der Waals surface area contributed by atoms with Crippen molar-refractivity contribution in [3.8, 4) is 0 Å². The predicted molar refractivity (Wildman–Crippen MR) is 129 cm³/mol. The number of hydrogen-bond acceptors (Lipinski definition) is 3. The Labute approximate surface area is 183 Å². The molecule has 3 N–H and O–H groups in total. The smallest absolute Gasteiger partial charge is 0.221 e. The largest absolute Gasteiger partial charge is 0.373 e. The van der Waals surface area contributed by atoms with Crippen molar-refractivity contribution in [1.82, 2.24) is 0 Å². The molecule has 0 aromatic heterocycles. The molecule has 0 atom stereocenters. The van der Waals surface area contributed by atoms with E-state index >= 15 is 0 Å². The van der Waals surface area contributed by atoms with Crippen LogP contribution in [0.25, 0.3) is 0 Å². The van der Waals surface area contributed by atoms with Crippen molar-refractivity contribution in [2.24, 2.45) is 0 Å². The maximum Gasteiger partial charge on any atom is 0.221 e. The molecule has 0 heterocycles. The number of carbonyl (C=O) groups is 1. The summed E-state index contributed by atoms with van der Waals surface area (Å²) in [6.45, 7) is 4.68. The quantitative estimate of drug-likeness (QED) is 0.329. The highest BCUT2D eigenvalue weighted by Crippen LogP contribution is 2.28. The Morgan fingerprint density at radius 3 is 2.14 bits per heavy atom. The predicted octanol–water partition coefficient (Wildman–Crippen LogP) is 6.12. The molecule has 0 radical (unpaired) electrons. The number of nitrogens with zero attached hydrogens (tertiary/aromatic N) is 1. The average molecular weight is 433 g/mol. The number of nitrogens with one attached hydrogen (secondary N) is 3. The van der Waals surface area contributed by atoms with Crippen LogP contribution in [-0.2, 0) is 4.79 Å². The van der Waals surface area contributed by atoms with Crippen LogP contribution >= 0.6 is 23.8 Å². The summed E-state index contributed by atoms with van der Waals surface area (Å²) in [6.07, 6.45) is 4.91. The van der Waals surface area contributed by atoms with Crippen molar-refractivity contribution in [3.63, 3.8) is 0 Å². The van der Waals surface area contributed by atoms with Crippen LogP contribution in [-0.4, -0.2) is 24.6 Å². The molecule has 2 aromatic rings. The molecule has 0 fully saturated rings. The van der Waals surface area contributed by atoms with Crippen molar-refractivity contribution >= 4 is 57.6 Å². The van der Waals surface area contributed by atoms with Crippen molar-refractivity contribution in [2.45, 2.75) is 39.5 Å². The lowest BCUT2D eigenvalue weighted by Gasteiger charge is -2.21. The molecule has 29 heavy (non-hydrogen) atoms. The van der Waals surface area contributed by atoms with Gasteiger partial charge in [-0.25, -0.2) is 0 Å². The highest BCUT2D eigenvalue weighted by molar-refractivity contribution is 7.80. The van der Waals surface area contributed by atoms with Crippen LogP contribution < -0.4 is 20.9 Å². The molecular weight excluding hydrogens is 404 g/mol. The number of anilines is 4. The molecule has 0 bridgehead atoms. The molecule has 2 aromatic carbocycles. The first-order chi connectivity index (χ1) is 13.9. The zero-order valence-electron chi connectivity index (χ0n) is 17.2. The van der Waals surface area contributed by atoms with Gasteiger partial charge in [0.1, 0.15) is 0 Å². The Morgan fingerprint density at radius 2 is 1.55 bits per heavy atom. The number of benzene rings is 2. The maximum absolute atomic E-state index is 11.1. The monoisotopic (exact) mass is 432 g/mol. The van der Waals surface area contributed by atoms with Gasteiger partial charge in [-0.3, -0.25) is 4.79 Å².